The largest absolute Gasteiger partial charge is 0.497 e. The average Bonchev–Trinajstić information content (AvgIpc) is 3.24. The molecule has 0 spiro atoms. The zero-order valence-electron chi connectivity index (χ0n) is 19.3. The third-order valence-corrected chi connectivity index (χ3v) is 6.42. The number of thioether (sulfide) groups is 1. The first-order valence-electron chi connectivity index (χ1n) is 10.6. The van der Waals surface area contributed by atoms with E-state index >= 15 is 0 Å². The van der Waals surface area contributed by atoms with E-state index in [9.17, 15) is 9.59 Å². The lowest BCUT2D eigenvalue weighted by Gasteiger charge is -2.36. The maximum atomic E-state index is 12.9. The van der Waals surface area contributed by atoms with Crippen molar-refractivity contribution >= 4 is 34.5 Å². The molecule has 0 unspecified atom stereocenters. The molecule has 2 aromatic carbocycles. The van der Waals surface area contributed by atoms with Gasteiger partial charge >= 0.3 is 5.97 Å². The van der Waals surface area contributed by atoms with Crippen LogP contribution in [0, 0.1) is 0 Å². The summed E-state index contributed by atoms with van der Waals surface area (Å²) in [6.45, 7) is 1.79. The molecule has 4 rings (SSSR count). The molecule has 0 radical (unpaired) electrons. The Morgan fingerprint density at radius 1 is 1.06 bits per heavy atom. The monoisotopic (exact) mass is 479 g/mol. The highest BCUT2D eigenvalue weighted by Crippen LogP contribution is 2.45. The van der Waals surface area contributed by atoms with E-state index in [-0.39, 0.29) is 12.3 Å². The van der Waals surface area contributed by atoms with Gasteiger partial charge < -0.3 is 24.4 Å². The molecule has 2 aromatic rings. The van der Waals surface area contributed by atoms with Gasteiger partial charge in [-0.25, -0.2) is 9.79 Å². The maximum Gasteiger partial charge on any atom is 0.338 e. The van der Waals surface area contributed by atoms with Crippen molar-refractivity contribution in [3.05, 3.63) is 76.5 Å². The van der Waals surface area contributed by atoms with Gasteiger partial charge in [0.1, 0.15) is 11.5 Å². The molecule has 2 heterocycles. The van der Waals surface area contributed by atoms with E-state index in [1.807, 2.05) is 34.6 Å². The van der Waals surface area contributed by atoms with Crippen molar-refractivity contribution in [2.45, 2.75) is 19.4 Å². The molecule has 1 atom stereocenters. The van der Waals surface area contributed by atoms with Gasteiger partial charge in [-0.2, -0.15) is 0 Å². The smallest absolute Gasteiger partial charge is 0.338 e. The van der Waals surface area contributed by atoms with Crippen LogP contribution in [0.3, 0.4) is 0 Å². The fourth-order valence-electron chi connectivity index (χ4n) is 3.91. The summed E-state index contributed by atoms with van der Waals surface area (Å²) >= 11 is 1.42. The molecule has 0 aliphatic carbocycles. The number of amidine groups is 1. The van der Waals surface area contributed by atoms with Crippen LogP contribution in [0.2, 0.25) is 0 Å². The standard InChI is InChI=1S/C25H25N3O5S/c1-15-22(24(30)33-4)23(16-6-5-7-20(12-16)32-3)28-18(14-34-25(28)26-15)13-21(29)27-17-8-10-19(31-2)11-9-17/h5-12,14,23H,13H2,1-4H3,(H,27,29)/t23-/m0/s1. The quantitative estimate of drug-likeness (QED) is 0.586. The first kappa shape index (κ1) is 23.4. The van der Waals surface area contributed by atoms with Crippen LogP contribution in [0.15, 0.2) is 75.9 Å². The predicted octanol–water partition coefficient (Wildman–Crippen LogP) is 4.48. The molecule has 9 heteroatoms. The van der Waals surface area contributed by atoms with Crippen molar-refractivity contribution in [2.24, 2.45) is 4.99 Å². The number of carbonyl (C=O) groups excluding carboxylic acids is 2. The second-order valence-electron chi connectivity index (χ2n) is 7.61. The minimum atomic E-state index is -0.509. The summed E-state index contributed by atoms with van der Waals surface area (Å²) < 4.78 is 15.7. The minimum absolute atomic E-state index is 0.103. The third-order valence-electron chi connectivity index (χ3n) is 5.53. The van der Waals surface area contributed by atoms with Crippen molar-refractivity contribution in [1.29, 1.82) is 0 Å². The van der Waals surface area contributed by atoms with E-state index < -0.39 is 12.0 Å². The van der Waals surface area contributed by atoms with Gasteiger partial charge in [-0.3, -0.25) is 4.79 Å². The number of nitrogens with one attached hydrogen (secondary N) is 1. The van der Waals surface area contributed by atoms with Gasteiger partial charge in [-0.05, 0) is 54.3 Å². The number of methoxy groups -OCH3 is 3. The fraction of sp³-hybridized carbons (Fsp3) is 0.240. The van der Waals surface area contributed by atoms with E-state index in [0.29, 0.717) is 33.6 Å². The number of hydrogen-bond donors (Lipinski definition) is 1. The molecule has 0 fully saturated rings. The van der Waals surface area contributed by atoms with Crippen LogP contribution in [-0.2, 0) is 14.3 Å². The van der Waals surface area contributed by atoms with E-state index in [2.05, 4.69) is 10.3 Å². The Balaban J connectivity index is 1.64. The summed E-state index contributed by atoms with van der Waals surface area (Å²) in [5.41, 5.74) is 3.23. The third kappa shape index (κ3) is 4.65. The number of rotatable bonds is 7. The first-order valence-corrected chi connectivity index (χ1v) is 11.4. The fourth-order valence-corrected chi connectivity index (χ4v) is 4.88. The molecule has 8 nitrogen and oxygen atoms in total. The Labute approximate surface area is 202 Å². The molecule has 0 saturated heterocycles. The Kier molecular flexibility index (Phi) is 6.93. The zero-order chi connectivity index (χ0) is 24.2. The topological polar surface area (TPSA) is 89.5 Å². The zero-order valence-corrected chi connectivity index (χ0v) is 20.1. The van der Waals surface area contributed by atoms with E-state index in [4.69, 9.17) is 14.2 Å². The van der Waals surface area contributed by atoms with Crippen LogP contribution in [0.25, 0.3) is 0 Å². The summed E-state index contributed by atoms with van der Waals surface area (Å²) in [4.78, 5) is 32.2. The van der Waals surface area contributed by atoms with Gasteiger partial charge in [0.05, 0.1) is 45.1 Å². The van der Waals surface area contributed by atoms with E-state index in [0.717, 1.165) is 11.3 Å². The highest BCUT2D eigenvalue weighted by atomic mass is 32.2. The molecule has 1 N–H and O–H groups in total. The number of carbonyl (C=O) groups is 2. The number of esters is 1. The van der Waals surface area contributed by atoms with Crippen molar-refractivity contribution in [1.82, 2.24) is 4.90 Å². The number of anilines is 1. The molecule has 34 heavy (non-hydrogen) atoms. The molecule has 0 saturated carbocycles. The minimum Gasteiger partial charge on any atom is -0.497 e. The summed E-state index contributed by atoms with van der Waals surface area (Å²) in [7, 11) is 4.53. The second kappa shape index (κ2) is 10.0. The number of ether oxygens (including phenoxy) is 3. The highest BCUT2D eigenvalue weighted by Gasteiger charge is 2.41. The SMILES string of the molecule is COC(=O)C1=C(C)N=C2SC=C(CC(=O)Nc3ccc(OC)cc3)N2[C@H]1c1cccc(OC)c1. The summed E-state index contributed by atoms with van der Waals surface area (Å²) in [5, 5.41) is 5.50. The number of hydrogen-bond acceptors (Lipinski definition) is 8. The van der Waals surface area contributed by atoms with E-state index in [1.165, 1.54) is 18.9 Å². The number of allylic oxidation sites excluding steroid dienone is 1. The lowest BCUT2D eigenvalue weighted by Crippen LogP contribution is -2.37. The van der Waals surface area contributed by atoms with Crippen molar-refractivity contribution in [3.8, 4) is 11.5 Å². The second-order valence-corrected chi connectivity index (χ2v) is 8.45. The van der Waals surface area contributed by atoms with Gasteiger partial charge in [-0.1, -0.05) is 23.9 Å². The van der Waals surface area contributed by atoms with Crippen LogP contribution in [-0.4, -0.2) is 43.3 Å². The molecule has 0 bridgehead atoms. The van der Waals surface area contributed by atoms with Crippen molar-refractivity contribution in [2.75, 3.05) is 26.6 Å². The molecular weight excluding hydrogens is 454 g/mol. The van der Waals surface area contributed by atoms with Gasteiger partial charge in [0.25, 0.3) is 0 Å². The predicted molar refractivity (Wildman–Crippen MR) is 132 cm³/mol. The maximum absolute atomic E-state index is 12.9. The lowest BCUT2D eigenvalue weighted by atomic mass is 9.93. The molecule has 2 aliphatic heterocycles. The molecule has 0 aromatic heterocycles. The van der Waals surface area contributed by atoms with Crippen LogP contribution < -0.4 is 14.8 Å². The summed E-state index contributed by atoms with van der Waals surface area (Å²) in [5.74, 6) is 0.722. The number of nitrogens with zero attached hydrogens (tertiary/aromatic N) is 2. The number of benzene rings is 2. The number of fused-ring (bicyclic) bond motifs is 1. The summed E-state index contributed by atoms with van der Waals surface area (Å²) in [6, 6.07) is 14.1. The van der Waals surface area contributed by atoms with E-state index in [1.54, 1.807) is 45.4 Å². The van der Waals surface area contributed by atoms with Crippen molar-refractivity contribution in [3.63, 3.8) is 0 Å². The Morgan fingerprint density at radius 3 is 2.47 bits per heavy atom. The van der Waals surface area contributed by atoms with Gasteiger partial charge in [-0.15, -0.1) is 0 Å². The van der Waals surface area contributed by atoms with Crippen molar-refractivity contribution < 1.29 is 23.8 Å². The Bertz CT molecular complexity index is 1200. The number of amides is 1. The van der Waals surface area contributed by atoms with Gasteiger partial charge in [0, 0.05) is 11.4 Å². The van der Waals surface area contributed by atoms with Gasteiger partial charge in [0.15, 0.2) is 5.17 Å². The Hall–Kier alpha value is -3.72. The lowest BCUT2D eigenvalue weighted by molar-refractivity contribution is -0.136. The Morgan fingerprint density at radius 2 is 1.79 bits per heavy atom. The molecule has 1 amide bonds. The van der Waals surface area contributed by atoms with Crippen LogP contribution >= 0.6 is 11.8 Å². The highest BCUT2D eigenvalue weighted by molar-refractivity contribution is 8.16. The normalized spacial score (nSPS) is 16.9. The van der Waals surface area contributed by atoms with Crippen LogP contribution in [0.4, 0.5) is 5.69 Å². The van der Waals surface area contributed by atoms with Gasteiger partial charge in [0.2, 0.25) is 5.91 Å². The average molecular weight is 480 g/mol. The molecule has 2 aliphatic rings. The van der Waals surface area contributed by atoms with Crippen LogP contribution in [0.5, 0.6) is 11.5 Å². The molecular formula is C25H25N3O5S. The first-order chi connectivity index (χ1) is 16.4. The van der Waals surface area contributed by atoms with Crippen LogP contribution in [0.1, 0.15) is 24.9 Å². The summed E-state index contributed by atoms with van der Waals surface area (Å²) in [6.07, 6.45) is 0.103. The number of aliphatic imine (C=N–C) groups is 1. The molecule has 176 valence electrons.